The summed E-state index contributed by atoms with van der Waals surface area (Å²) in [7, 11) is 1.60. The van der Waals surface area contributed by atoms with Gasteiger partial charge in [0.05, 0.1) is 12.7 Å². The molecule has 0 saturated heterocycles. The molecule has 0 aromatic carbocycles. The molecule has 1 aromatic heterocycles. The van der Waals surface area contributed by atoms with Crippen LogP contribution in [0, 0.1) is 0 Å². The van der Waals surface area contributed by atoms with Gasteiger partial charge in [0.2, 0.25) is 5.88 Å². The minimum absolute atomic E-state index is 0.608. The van der Waals surface area contributed by atoms with Gasteiger partial charge in [-0.1, -0.05) is 0 Å². The number of hydrogen-bond donors (Lipinski definition) is 2. The van der Waals surface area contributed by atoms with Crippen molar-refractivity contribution in [2.45, 2.75) is 32.4 Å². The number of aromatic nitrogens is 1. The first-order chi connectivity index (χ1) is 7.51. The third kappa shape index (κ3) is 5.09. The number of rotatable bonds is 6. The van der Waals surface area contributed by atoms with E-state index in [2.05, 4.69) is 10.3 Å². The van der Waals surface area contributed by atoms with Gasteiger partial charge in [0.25, 0.3) is 0 Å². The summed E-state index contributed by atoms with van der Waals surface area (Å²) in [5, 5.41) is 12.8. The Balaban J connectivity index is 2.32. The predicted molar refractivity (Wildman–Crippen MR) is 63.4 cm³/mol. The van der Waals surface area contributed by atoms with Gasteiger partial charge in [-0.15, -0.1) is 0 Å². The van der Waals surface area contributed by atoms with E-state index in [0.29, 0.717) is 5.88 Å². The van der Waals surface area contributed by atoms with Gasteiger partial charge in [-0.3, -0.25) is 0 Å². The van der Waals surface area contributed by atoms with Crippen molar-refractivity contribution in [3.05, 3.63) is 23.9 Å². The average molecular weight is 224 g/mol. The van der Waals surface area contributed by atoms with Crippen molar-refractivity contribution in [1.29, 1.82) is 0 Å². The van der Waals surface area contributed by atoms with Gasteiger partial charge in [-0.05, 0) is 38.4 Å². The first kappa shape index (κ1) is 12.9. The summed E-state index contributed by atoms with van der Waals surface area (Å²) in [4.78, 5) is 4.04. The minimum Gasteiger partial charge on any atom is -0.481 e. The molecule has 0 bridgehead atoms. The number of methoxy groups -OCH3 is 1. The van der Waals surface area contributed by atoms with Crippen LogP contribution in [0.1, 0.15) is 25.8 Å². The molecule has 0 aliphatic heterocycles. The number of nitrogens with zero attached hydrogens (tertiary/aromatic N) is 1. The van der Waals surface area contributed by atoms with Crippen LogP contribution < -0.4 is 10.1 Å². The Bertz CT molecular complexity index is 321. The number of nitrogens with one attached hydrogen (secondary N) is 1. The molecule has 0 radical (unpaired) electrons. The van der Waals surface area contributed by atoms with Crippen molar-refractivity contribution in [3.8, 4) is 5.88 Å². The van der Waals surface area contributed by atoms with Crippen molar-refractivity contribution in [2.24, 2.45) is 0 Å². The highest BCUT2D eigenvalue weighted by molar-refractivity contribution is 5.20. The summed E-state index contributed by atoms with van der Waals surface area (Å²) in [6, 6.07) is 3.84. The zero-order valence-electron chi connectivity index (χ0n) is 10.2. The fourth-order valence-electron chi connectivity index (χ4n) is 1.30. The van der Waals surface area contributed by atoms with Crippen molar-refractivity contribution < 1.29 is 9.84 Å². The second kappa shape index (κ2) is 5.82. The summed E-state index contributed by atoms with van der Waals surface area (Å²) < 4.78 is 5.04. The Kier molecular flexibility index (Phi) is 4.71. The maximum absolute atomic E-state index is 9.53. The molecule has 4 heteroatoms. The highest BCUT2D eigenvalue weighted by Gasteiger charge is 2.10. The van der Waals surface area contributed by atoms with Gasteiger partial charge in [-0.2, -0.15) is 0 Å². The summed E-state index contributed by atoms with van der Waals surface area (Å²) in [6.07, 6.45) is 2.46. The number of ether oxygens (including phenoxy) is 1. The number of hydrogen-bond acceptors (Lipinski definition) is 4. The molecule has 16 heavy (non-hydrogen) atoms. The Labute approximate surface area is 96.7 Å². The van der Waals surface area contributed by atoms with Crippen LogP contribution in [-0.4, -0.2) is 29.3 Å². The molecule has 0 aliphatic carbocycles. The summed E-state index contributed by atoms with van der Waals surface area (Å²) in [6.45, 7) is 5.16. The SMILES string of the molecule is COc1cc(CNCCC(C)(C)O)ccn1. The summed E-state index contributed by atoms with van der Waals surface area (Å²) in [5.41, 5.74) is 0.519. The maximum atomic E-state index is 9.53. The summed E-state index contributed by atoms with van der Waals surface area (Å²) in [5.74, 6) is 0.627. The molecule has 0 amide bonds. The molecular weight excluding hydrogens is 204 g/mol. The maximum Gasteiger partial charge on any atom is 0.213 e. The first-order valence-electron chi connectivity index (χ1n) is 5.43. The molecule has 0 fully saturated rings. The Morgan fingerprint density at radius 2 is 2.25 bits per heavy atom. The van der Waals surface area contributed by atoms with Crippen LogP contribution >= 0.6 is 0 Å². The van der Waals surface area contributed by atoms with E-state index in [1.165, 1.54) is 0 Å². The van der Waals surface area contributed by atoms with Crippen molar-refractivity contribution >= 4 is 0 Å². The molecule has 0 spiro atoms. The standard InChI is InChI=1S/C12H20N2O2/c1-12(2,15)5-7-13-9-10-4-6-14-11(8-10)16-3/h4,6,8,13,15H,5,7,9H2,1-3H3. The van der Waals surface area contributed by atoms with E-state index in [0.717, 1.165) is 25.1 Å². The second-order valence-corrected chi connectivity index (χ2v) is 4.45. The van der Waals surface area contributed by atoms with Crippen LogP contribution in [0.2, 0.25) is 0 Å². The zero-order valence-corrected chi connectivity index (χ0v) is 10.2. The van der Waals surface area contributed by atoms with E-state index in [-0.39, 0.29) is 0 Å². The third-order valence-electron chi connectivity index (χ3n) is 2.25. The molecule has 1 rings (SSSR count). The predicted octanol–water partition coefficient (Wildman–Crippen LogP) is 1.34. The minimum atomic E-state index is -0.608. The van der Waals surface area contributed by atoms with Crippen LogP contribution in [0.5, 0.6) is 5.88 Å². The van der Waals surface area contributed by atoms with Gasteiger partial charge in [0.1, 0.15) is 0 Å². The van der Waals surface area contributed by atoms with E-state index in [1.54, 1.807) is 13.3 Å². The number of pyridine rings is 1. The fourth-order valence-corrected chi connectivity index (χ4v) is 1.30. The third-order valence-corrected chi connectivity index (χ3v) is 2.25. The lowest BCUT2D eigenvalue weighted by Crippen LogP contribution is -2.26. The van der Waals surface area contributed by atoms with E-state index in [4.69, 9.17) is 4.74 Å². The molecule has 0 unspecified atom stereocenters. The molecule has 1 heterocycles. The molecule has 4 nitrogen and oxygen atoms in total. The lowest BCUT2D eigenvalue weighted by molar-refractivity contribution is 0.0711. The van der Waals surface area contributed by atoms with Gasteiger partial charge < -0.3 is 15.2 Å². The average Bonchev–Trinajstić information content (AvgIpc) is 2.23. The zero-order chi connectivity index (χ0) is 12.0. The van der Waals surface area contributed by atoms with Gasteiger partial charge in [0.15, 0.2) is 0 Å². The molecule has 0 aliphatic rings. The normalized spacial score (nSPS) is 11.5. The van der Waals surface area contributed by atoms with Crippen LogP contribution in [-0.2, 0) is 6.54 Å². The van der Waals surface area contributed by atoms with E-state index >= 15 is 0 Å². The topological polar surface area (TPSA) is 54.4 Å². The Morgan fingerprint density at radius 3 is 2.88 bits per heavy atom. The smallest absolute Gasteiger partial charge is 0.213 e. The lowest BCUT2D eigenvalue weighted by atomic mass is 10.1. The highest BCUT2D eigenvalue weighted by atomic mass is 16.5. The van der Waals surface area contributed by atoms with Crippen molar-refractivity contribution in [2.75, 3.05) is 13.7 Å². The van der Waals surface area contributed by atoms with E-state index in [1.807, 2.05) is 26.0 Å². The lowest BCUT2D eigenvalue weighted by Gasteiger charge is -2.17. The van der Waals surface area contributed by atoms with E-state index in [9.17, 15) is 5.11 Å². The first-order valence-corrected chi connectivity index (χ1v) is 5.43. The Morgan fingerprint density at radius 1 is 1.50 bits per heavy atom. The molecule has 0 atom stereocenters. The molecule has 90 valence electrons. The van der Waals surface area contributed by atoms with Crippen LogP contribution in [0.3, 0.4) is 0 Å². The molecule has 0 saturated carbocycles. The number of aliphatic hydroxyl groups is 1. The molecule has 1 aromatic rings. The molecular formula is C12H20N2O2. The fraction of sp³-hybridized carbons (Fsp3) is 0.583. The van der Waals surface area contributed by atoms with Gasteiger partial charge >= 0.3 is 0 Å². The second-order valence-electron chi connectivity index (χ2n) is 4.45. The van der Waals surface area contributed by atoms with Crippen molar-refractivity contribution in [1.82, 2.24) is 10.3 Å². The monoisotopic (exact) mass is 224 g/mol. The van der Waals surface area contributed by atoms with E-state index < -0.39 is 5.60 Å². The largest absolute Gasteiger partial charge is 0.481 e. The quantitative estimate of drug-likeness (QED) is 0.716. The van der Waals surface area contributed by atoms with Crippen LogP contribution in [0.25, 0.3) is 0 Å². The van der Waals surface area contributed by atoms with Crippen molar-refractivity contribution in [3.63, 3.8) is 0 Å². The van der Waals surface area contributed by atoms with Crippen LogP contribution in [0.15, 0.2) is 18.3 Å². The Hall–Kier alpha value is -1.13. The van der Waals surface area contributed by atoms with Gasteiger partial charge in [0, 0.05) is 18.8 Å². The summed E-state index contributed by atoms with van der Waals surface area (Å²) >= 11 is 0. The highest BCUT2D eigenvalue weighted by Crippen LogP contribution is 2.09. The van der Waals surface area contributed by atoms with Crippen LogP contribution in [0.4, 0.5) is 0 Å². The molecule has 2 N–H and O–H groups in total. The van der Waals surface area contributed by atoms with Gasteiger partial charge in [-0.25, -0.2) is 4.98 Å².